The summed E-state index contributed by atoms with van der Waals surface area (Å²) < 4.78 is 6.35. The Hall–Kier alpha value is -0.300. The first-order valence-electron chi connectivity index (χ1n) is 15.1. The zero-order valence-electron chi connectivity index (χ0n) is 23.2. The van der Waals surface area contributed by atoms with Crippen LogP contribution in [0.2, 0.25) is 0 Å². The van der Waals surface area contributed by atoms with Gasteiger partial charge in [-0.2, -0.15) is 0 Å². The lowest BCUT2D eigenvalue weighted by Crippen LogP contribution is -2.51. The molecule has 0 amide bonds. The Balaban J connectivity index is 1.44. The molecule has 4 aliphatic rings. The number of rotatable bonds is 10. The zero-order valence-corrected chi connectivity index (χ0v) is 23.2. The molecule has 0 spiro atoms. The molecule has 0 heterocycles. The third-order valence-corrected chi connectivity index (χ3v) is 11.5. The van der Waals surface area contributed by atoms with Crippen molar-refractivity contribution in [2.45, 2.75) is 144 Å². The van der Waals surface area contributed by atoms with Crippen LogP contribution < -0.4 is 0 Å². The number of unbranched alkanes of at least 4 members (excludes halogenated alkanes) is 4. The predicted octanol–water partition coefficient (Wildman–Crippen LogP) is 9.75. The number of hydrogen-bond acceptors (Lipinski definition) is 1. The van der Waals surface area contributed by atoms with Crippen molar-refractivity contribution < 1.29 is 4.74 Å². The summed E-state index contributed by atoms with van der Waals surface area (Å²) in [7, 11) is 0. The minimum atomic E-state index is 0.461. The lowest BCUT2D eigenvalue weighted by atomic mass is 9.46. The van der Waals surface area contributed by atoms with Gasteiger partial charge in [-0.15, -0.1) is 0 Å². The third-order valence-electron chi connectivity index (χ3n) is 11.5. The standard InChI is InChI=1S/C32H56O/c1-7-9-11-19-30(3,4)29-16-15-27-26-14-13-24-23-25(33-22-12-10-8-2)17-20-31(24,5)28(26)18-21-32(27,29)6/h13,25-29H,7-12,14-23H2,1-6H3. The molecule has 1 heteroatoms. The van der Waals surface area contributed by atoms with E-state index in [-0.39, 0.29) is 0 Å². The van der Waals surface area contributed by atoms with Crippen LogP contribution >= 0.6 is 0 Å². The first kappa shape index (κ1) is 25.8. The Morgan fingerprint density at radius 2 is 1.67 bits per heavy atom. The van der Waals surface area contributed by atoms with Crippen LogP contribution in [0.5, 0.6) is 0 Å². The highest BCUT2D eigenvalue weighted by Gasteiger charge is 2.60. The predicted molar refractivity (Wildman–Crippen MR) is 142 cm³/mol. The summed E-state index contributed by atoms with van der Waals surface area (Å²) in [6.07, 6.45) is 23.9. The maximum atomic E-state index is 6.35. The average Bonchev–Trinajstić information content (AvgIpc) is 3.15. The molecule has 4 rings (SSSR count). The molecule has 0 aromatic heterocycles. The maximum absolute atomic E-state index is 6.35. The van der Waals surface area contributed by atoms with Gasteiger partial charge in [0.15, 0.2) is 0 Å². The molecule has 0 radical (unpaired) electrons. The summed E-state index contributed by atoms with van der Waals surface area (Å²) in [6.45, 7) is 16.2. The van der Waals surface area contributed by atoms with Crippen LogP contribution in [0.4, 0.5) is 0 Å². The van der Waals surface area contributed by atoms with Gasteiger partial charge in [-0.25, -0.2) is 0 Å². The molecule has 0 saturated heterocycles. The van der Waals surface area contributed by atoms with E-state index in [2.05, 4.69) is 47.6 Å². The van der Waals surface area contributed by atoms with Crippen LogP contribution in [0.25, 0.3) is 0 Å². The van der Waals surface area contributed by atoms with Crippen molar-refractivity contribution in [3.63, 3.8) is 0 Å². The minimum absolute atomic E-state index is 0.461. The summed E-state index contributed by atoms with van der Waals surface area (Å²) >= 11 is 0. The van der Waals surface area contributed by atoms with Crippen LogP contribution in [0, 0.1) is 39.9 Å². The molecule has 3 fully saturated rings. The van der Waals surface area contributed by atoms with Crippen LogP contribution in [-0.4, -0.2) is 12.7 Å². The third kappa shape index (κ3) is 4.88. The van der Waals surface area contributed by atoms with Gasteiger partial charge in [0.25, 0.3) is 0 Å². The Labute approximate surface area is 206 Å². The number of fused-ring (bicyclic) bond motifs is 5. The van der Waals surface area contributed by atoms with E-state index in [9.17, 15) is 0 Å². The van der Waals surface area contributed by atoms with Crippen LogP contribution in [0.1, 0.15) is 138 Å². The fourth-order valence-electron chi connectivity index (χ4n) is 9.66. The normalized spacial score (nSPS) is 40.7. The molecule has 0 aliphatic heterocycles. The van der Waals surface area contributed by atoms with E-state index in [1.165, 1.54) is 96.3 Å². The van der Waals surface area contributed by atoms with Gasteiger partial charge in [0.1, 0.15) is 0 Å². The molecule has 7 atom stereocenters. The van der Waals surface area contributed by atoms with Crippen LogP contribution in [0.3, 0.4) is 0 Å². The largest absolute Gasteiger partial charge is 0.378 e. The van der Waals surface area contributed by atoms with Gasteiger partial charge in [0.2, 0.25) is 0 Å². The first-order chi connectivity index (χ1) is 15.8. The van der Waals surface area contributed by atoms with Crippen molar-refractivity contribution in [2.24, 2.45) is 39.9 Å². The molecule has 0 aromatic carbocycles. The lowest BCUT2D eigenvalue weighted by molar-refractivity contribution is -0.0743. The molecular formula is C32H56O. The van der Waals surface area contributed by atoms with Gasteiger partial charge in [-0.1, -0.05) is 85.3 Å². The van der Waals surface area contributed by atoms with E-state index < -0.39 is 0 Å². The van der Waals surface area contributed by atoms with Gasteiger partial charge < -0.3 is 4.74 Å². The maximum Gasteiger partial charge on any atom is 0.0612 e. The fourth-order valence-corrected chi connectivity index (χ4v) is 9.66. The smallest absolute Gasteiger partial charge is 0.0612 e. The van der Waals surface area contributed by atoms with Crippen molar-refractivity contribution in [1.82, 2.24) is 0 Å². The Morgan fingerprint density at radius 3 is 2.42 bits per heavy atom. The lowest BCUT2D eigenvalue weighted by Gasteiger charge is -2.59. The molecule has 0 N–H and O–H groups in total. The van der Waals surface area contributed by atoms with E-state index in [0.29, 0.717) is 22.3 Å². The number of allylic oxidation sites excluding steroid dienone is 1. The molecule has 4 aliphatic carbocycles. The Bertz CT molecular complexity index is 676. The van der Waals surface area contributed by atoms with Crippen LogP contribution in [-0.2, 0) is 4.74 Å². The summed E-state index contributed by atoms with van der Waals surface area (Å²) in [5.74, 6) is 3.76. The Morgan fingerprint density at radius 1 is 0.909 bits per heavy atom. The van der Waals surface area contributed by atoms with Crippen molar-refractivity contribution in [3.05, 3.63) is 11.6 Å². The monoisotopic (exact) mass is 456 g/mol. The SMILES string of the molecule is CCCCCOC1CCC2(C)C(=CCC3C2CCC2(C)C3CCC2C(C)(C)CCCCC)C1. The van der Waals surface area contributed by atoms with E-state index >= 15 is 0 Å². The van der Waals surface area contributed by atoms with Gasteiger partial charge in [0.05, 0.1) is 6.10 Å². The summed E-state index contributed by atoms with van der Waals surface area (Å²) in [6, 6.07) is 0. The molecular weight excluding hydrogens is 400 g/mol. The fraction of sp³-hybridized carbons (Fsp3) is 0.938. The van der Waals surface area contributed by atoms with E-state index in [1.54, 1.807) is 5.57 Å². The first-order valence-corrected chi connectivity index (χ1v) is 15.1. The number of ether oxygens (including phenoxy) is 1. The molecule has 7 unspecified atom stereocenters. The van der Waals surface area contributed by atoms with Gasteiger partial charge in [-0.05, 0) is 104 Å². The van der Waals surface area contributed by atoms with E-state index in [0.717, 1.165) is 30.3 Å². The molecule has 0 bridgehead atoms. The van der Waals surface area contributed by atoms with E-state index in [4.69, 9.17) is 4.74 Å². The highest BCUT2D eigenvalue weighted by atomic mass is 16.5. The highest BCUT2D eigenvalue weighted by molar-refractivity contribution is 5.25. The zero-order chi connectivity index (χ0) is 23.7. The number of hydrogen-bond donors (Lipinski definition) is 0. The van der Waals surface area contributed by atoms with Crippen molar-refractivity contribution in [1.29, 1.82) is 0 Å². The quantitative estimate of drug-likeness (QED) is 0.235. The molecule has 0 aromatic rings. The molecule has 33 heavy (non-hydrogen) atoms. The molecule has 190 valence electrons. The Kier molecular flexibility index (Phi) is 8.09. The molecule has 1 nitrogen and oxygen atoms in total. The summed E-state index contributed by atoms with van der Waals surface area (Å²) in [5, 5.41) is 0. The molecule has 3 saturated carbocycles. The van der Waals surface area contributed by atoms with E-state index in [1.807, 2.05) is 0 Å². The highest BCUT2D eigenvalue weighted by Crippen LogP contribution is 2.68. The van der Waals surface area contributed by atoms with Gasteiger partial charge in [0, 0.05) is 6.61 Å². The second-order valence-corrected chi connectivity index (χ2v) is 13.8. The van der Waals surface area contributed by atoms with Gasteiger partial charge >= 0.3 is 0 Å². The van der Waals surface area contributed by atoms with Crippen molar-refractivity contribution in [2.75, 3.05) is 6.61 Å². The average molecular weight is 457 g/mol. The minimum Gasteiger partial charge on any atom is -0.378 e. The topological polar surface area (TPSA) is 9.23 Å². The second kappa shape index (κ2) is 10.4. The summed E-state index contributed by atoms with van der Waals surface area (Å²) in [4.78, 5) is 0. The van der Waals surface area contributed by atoms with Crippen molar-refractivity contribution in [3.8, 4) is 0 Å². The van der Waals surface area contributed by atoms with Crippen molar-refractivity contribution >= 4 is 0 Å². The summed E-state index contributed by atoms with van der Waals surface area (Å²) in [5.41, 5.74) is 3.34. The second-order valence-electron chi connectivity index (χ2n) is 13.8. The van der Waals surface area contributed by atoms with Crippen LogP contribution in [0.15, 0.2) is 11.6 Å². The van der Waals surface area contributed by atoms with Gasteiger partial charge in [-0.3, -0.25) is 0 Å².